The Labute approximate surface area is 188 Å². The maximum atomic E-state index is 12.7. The normalized spacial score (nSPS) is 21.0. The van der Waals surface area contributed by atoms with Crippen molar-refractivity contribution in [3.63, 3.8) is 0 Å². The molecule has 0 saturated heterocycles. The quantitative estimate of drug-likeness (QED) is 0.555. The Morgan fingerprint density at radius 3 is 2.68 bits per heavy atom. The summed E-state index contributed by atoms with van der Waals surface area (Å²) in [6.45, 7) is 3.63. The molecule has 0 unspecified atom stereocenters. The predicted octanol–water partition coefficient (Wildman–Crippen LogP) is 4.32. The number of hydrogen-bond acceptors (Lipinski definition) is 6. The van der Waals surface area contributed by atoms with Crippen LogP contribution >= 0.6 is 11.6 Å². The highest BCUT2D eigenvalue weighted by Gasteiger charge is 2.28. The van der Waals surface area contributed by atoms with E-state index >= 15 is 0 Å². The van der Waals surface area contributed by atoms with Crippen molar-refractivity contribution in [3.05, 3.63) is 29.0 Å². The number of aliphatic imine (C=N–C) groups is 1. The van der Waals surface area contributed by atoms with Gasteiger partial charge < -0.3 is 16.0 Å². The van der Waals surface area contributed by atoms with Gasteiger partial charge in [-0.3, -0.25) is 9.79 Å². The molecule has 7 nitrogen and oxygen atoms in total. The van der Waals surface area contributed by atoms with Crippen LogP contribution in [-0.4, -0.2) is 46.9 Å². The van der Waals surface area contributed by atoms with Gasteiger partial charge in [0.25, 0.3) is 5.91 Å². The average molecular weight is 443 g/mol. The van der Waals surface area contributed by atoms with Gasteiger partial charge in [0.1, 0.15) is 5.82 Å². The summed E-state index contributed by atoms with van der Waals surface area (Å²) < 4.78 is 0. The monoisotopic (exact) mass is 442 g/mol. The Hall–Kier alpha value is -2.41. The molecule has 1 aromatic heterocycles. The second-order valence-corrected chi connectivity index (χ2v) is 8.82. The number of rotatable bonds is 7. The number of carbonyl (C=O) groups is 1. The van der Waals surface area contributed by atoms with Gasteiger partial charge in [0.2, 0.25) is 5.82 Å². The van der Waals surface area contributed by atoms with E-state index < -0.39 is 0 Å². The van der Waals surface area contributed by atoms with Crippen molar-refractivity contribution < 1.29 is 4.79 Å². The molecule has 2 heterocycles. The predicted molar refractivity (Wildman–Crippen MR) is 126 cm³/mol. The van der Waals surface area contributed by atoms with Crippen LogP contribution in [0.1, 0.15) is 68.9 Å². The molecule has 166 valence electrons. The zero-order chi connectivity index (χ0) is 21.6. The van der Waals surface area contributed by atoms with E-state index in [0.29, 0.717) is 22.9 Å². The molecule has 2 aliphatic rings. The molecule has 2 aromatic rings. The zero-order valence-electron chi connectivity index (χ0n) is 18.1. The topological polar surface area (TPSA) is 91.3 Å². The molecule has 0 radical (unpaired) electrons. The highest BCUT2D eigenvalue weighted by Crippen LogP contribution is 2.28. The summed E-state index contributed by atoms with van der Waals surface area (Å²) >= 11 is 6.27. The summed E-state index contributed by atoms with van der Waals surface area (Å²) in [5, 5.41) is 11.7. The van der Waals surface area contributed by atoms with Crippen LogP contribution in [-0.2, 0) is 0 Å². The van der Waals surface area contributed by atoms with E-state index in [1.807, 2.05) is 12.1 Å². The van der Waals surface area contributed by atoms with Gasteiger partial charge in [0, 0.05) is 42.0 Å². The first-order valence-corrected chi connectivity index (χ1v) is 11.8. The molecule has 1 fully saturated rings. The molecule has 1 aliphatic heterocycles. The van der Waals surface area contributed by atoms with E-state index in [0.717, 1.165) is 62.7 Å². The van der Waals surface area contributed by atoms with Crippen molar-refractivity contribution in [3.8, 4) is 0 Å². The minimum Gasteiger partial charge on any atom is -0.369 e. The molecule has 1 aliphatic carbocycles. The molecule has 31 heavy (non-hydrogen) atoms. The molecule has 4 rings (SSSR count). The second kappa shape index (κ2) is 10.3. The number of benzene rings is 1. The molecule has 1 saturated carbocycles. The summed E-state index contributed by atoms with van der Waals surface area (Å²) in [5.74, 6) is 1.73. The first-order chi connectivity index (χ1) is 15.1. The Bertz CT molecular complexity index is 962. The first-order valence-electron chi connectivity index (χ1n) is 11.5. The minimum atomic E-state index is -0.244. The maximum absolute atomic E-state index is 12.7. The highest BCUT2D eigenvalue weighted by atomic mass is 35.5. The van der Waals surface area contributed by atoms with Crippen LogP contribution in [0.3, 0.4) is 0 Å². The molecule has 1 aromatic carbocycles. The average Bonchev–Trinajstić information content (AvgIpc) is 3.28. The number of nitrogens with zero attached hydrogens (tertiary/aromatic N) is 3. The fourth-order valence-corrected chi connectivity index (χ4v) is 4.47. The second-order valence-electron chi connectivity index (χ2n) is 8.38. The van der Waals surface area contributed by atoms with Crippen molar-refractivity contribution in [2.24, 2.45) is 4.99 Å². The van der Waals surface area contributed by atoms with E-state index in [1.54, 1.807) is 6.07 Å². The van der Waals surface area contributed by atoms with Crippen LogP contribution in [0.15, 0.2) is 23.2 Å². The van der Waals surface area contributed by atoms with Gasteiger partial charge in [-0.25, -0.2) is 9.97 Å². The number of anilines is 1. The van der Waals surface area contributed by atoms with Gasteiger partial charge in [0.15, 0.2) is 0 Å². The first kappa shape index (κ1) is 21.8. The number of amides is 1. The third kappa shape index (κ3) is 5.45. The van der Waals surface area contributed by atoms with E-state index in [2.05, 4.69) is 37.8 Å². The Morgan fingerprint density at radius 1 is 1.13 bits per heavy atom. The van der Waals surface area contributed by atoms with Crippen molar-refractivity contribution in [1.82, 2.24) is 20.6 Å². The maximum Gasteiger partial charge on any atom is 0.289 e. The summed E-state index contributed by atoms with van der Waals surface area (Å²) in [4.78, 5) is 26.4. The fourth-order valence-electron chi connectivity index (χ4n) is 4.29. The van der Waals surface area contributed by atoms with Gasteiger partial charge in [-0.2, -0.15) is 0 Å². The van der Waals surface area contributed by atoms with Crippen molar-refractivity contribution in [1.29, 1.82) is 0 Å². The van der Waals surface area contributed by atoms with Crippen LogP contribution in [0, 0.1) is 0 Å². The lowest BCUT2D eigenvalue weighted by atomic mass is 9.90. The Balaban J connectivity index is 1.60. The van der Waals surface area contributed by atoms with Crippen LogP contribution in [0.2, 0.25) is 5.02 Å². The Kier molecular flexibility index (Phi) is 7.22. The van der Waals surface area contributed by atoms with Gasteiger partial charge in [-0.1, -0.05) is 37.8 Å². The van der Waals surface area contributed by atoms with Gasteiger partial charge in [0.05, 0.1) is 11.4 Å². The molecule has 0 bridgehead atoms. The number of carbonyl (C=O) groups excluding carboxylic acids is 1. The van der Waals surface area contributed by atoms with E-state index in [4.69, 9.17) is 11.6 Å². The van der Waals surface area contributed by atoms with Crippen LogP contribution < -0.4 is 16.0 Å². The van der Waals surface area contributed by atoms with Crippen molar-refractivity contribution >= 4 is 40.1 Å². The number of hydrogen-bond donors (Lipinski definition) is 3. The van der Waals surface area contributed by atoms with Crippen molar-refractivity contribution in [2.45, 2.75) is 70.4 Å². The number of amidine groups is 1. The van der Waals surface area contributed by atoms with Crippen molar-refractivity contribution in [2.75, 3.05) is 18.4 Å². The third-order valence-electron chi connectivity index (χ3n) is 5.99. The molecule has 8 heteroatoms. The molecular formula is C23H31ClN6O. The summed E-state index contributed by atoms with van der Waals surface area (Å²) in [5.41, 5.74) is 0.711. The molecule has 2 atom stereocenters. The number of halogens is 1. The summed E-state index contributed by atoms with van der Waals surface area (Å²) in [6, 6.07) is 5.99. The molecule has 3 N–H and O–H groups in total. The largest absolute Gasteiger partial charge is 0.369 e. The highest BCUT2D eigenvalue weighted by molar-refractivity contribution is 6.31. The van der Waals surface area contributed by atoms with Gasteiger partial charge >= 0.3 is 0 Å². The van der Waals surface area contributed by atoms with Crippen LogP contribution in [0.5, 0.6) is 0 Å². The lowest BCUT2D eigenvalue weighted by Crippen LogP contribution is -2.48. The smallest absolute Gasteiger partial charge is 0.289 e. The number of unbranched alkanes of at least 4 members (excludes halogenated alkanes) is 1. The van der Waals surface area contributed by atoms with Crippen LogP contribution in [0.25, 0.3) is 10.9 Å². The lowest BCUT2D eigenvalue weighted by Gasteiger charge is -2.34. The summed E-state index contributed by atoms with van der Waals surface area (Å²) in [6.07, 6.45) is 8.59. The SMILES string of the molecule is CCCCNC(=O)c1nc(N[C@H]2CCCC[C@H]2NC2=NCCC2)c2cc(Cl)ccc2n1. The van der Waals surface area contributed by atoms with E-state index in [-0.39, 0.29) is 23.8 Å². The van der Waals surface area contributed by atoms with Gasteiger partial charge in [-0.15, -0.1) is 0 Å². The third-order valence-corrected chi connectivity index (χ3v) is 6.23. The van der Waals surface area contributed by atoms with E-state index in [9.17, 15) is 4.79 Å². The fraction of sp³-hybridized carbons (Fsp3) is 0.565. The van der Waals surface area contributed by atoms with Crippen LogP contribution in [0.4, 0.5) is 5.82 Å². The van der Waals surface area contributed by atoms with E-state index in [1.165, 1.54) is 6.42 Å². The molecular weight excluding hydrogens is 412 g/mol. The molecule has 1 amide bonds. The molecule has 0 spiro atoms. The number of nitrogens with one attached hydrogen (secondary N) is 3. The number of aromatic nitrogens is 2. The number of fused-ring (bicyclic) bond motifs is 1. The zero-order valence-corrected chi connectivity index (χ0v) is 18.8. The lowest BCUT2D eigenvalue weighted by molar-refractivity contribution is 0.0943. The minimum absolute atomic E-state index is 0.189. The standard InChI is InChI=1S/C23H31ClN6O/c1-2-3-12-26-23(31)22-28-17-11-10-15(24)14-16(17)21(30-22)29-19-8-5-4-7-18(19)27-20-9-6-13-25-20/h10-11,14,18-19H,2-9,12-13H2,1H3,(H,25,27)(H,26,31)(H,28,29,30)/t18-,19+/m1/s1. The summed E-state index contributed by atoms with van der Waals surface area (Å²) in [7, 11) is 0. The Morgan fingerprint density at radius 2 is 1.94 bits per heavy atom. The van der Waals surface area contributed by atoms with Gasteiger partial charge in [-0.05, 0) is 43.9 Å².